The first-order valence-corrected chi connectivity index (χ1v) is 8.51. The molecular weight excluding hydrogens is 391 g/mol. The summed E-state index contributed by atoms with van der Waals surface area (Å²) in [5.41, 5.74) is -0.397. The fourth-order valence-electron chi connectivity index (χ4n) is 2.87. The molecule has 1 amide bonds. The molecule has 0 unspecified atom stereocenters. The number of benzene rings is 2. The lowest BCUT2D eigenvalue weighted by Gasteiger charge is -2.16. The van der Waals surface area contributed by atoms with Crippen LogP contribution in [0.4, 0.5) is 13.2 Å². The van der Waals surface area contributed by atoms with E-state index in [-0.39, 0.29) is 17.7 Å². The van der Waals surface area contributed by atoms with Gasteiger partial charge in [-0.15, -0.1) is 13.2 Å². The predicted octanol–water partition coefficient (Wildman–Crippen LogP) is 2.47. The van der Waals surface area contributed by atoms with Gasteiger partial charge >= 0.3 is 12.1 Å². The Morgan fingerprint density at radius 3 is 2.45 bits per heavy atom. The van der Waals surface area contributed by atoms with Gasteiger partial charge in [0.05, 0.1) is 16.9 Å². The van der Waals surface area contributed by atoms with Gasteiger partial charge < -0.3 is 10.1 Å². The van der Waals surface area contributed by atoms with E-state index in [9.17, 15) is 27.6 Å². The van der Waals surface area contributed by atoms with E-state index in [1.165, 1.54) is 18.2 Å². The van der Waals surface area contributed by atoms with Gasteiger partial charge in [0.15, 0.2) is 0 Å². The van der Waals surface area contributed by atoms with Gasteiger partial charge in [0.25, 0.3) is 5.56 Å². The number of fused-ring (bicyclic) bond motifs is 1. The quantitative estimate of drug-likeness (QED) is 0.680. The predicted molar refractivity (Wildman–Crippen MR) is 98.5 cm³/mol. The van der Waals surface area contributed by atoms with Gasteiger partial charge in [0.1, 0.15) is 12.3 Å². The van der Waals surface area contributed by atoms with Crippen molar-refractivity contribution in [1.29, 1.82) is 0 Å². The Morgan fingerprint density at radius 2 is 1.79 bits per heavy atom. The maximum absolute atomic E-state index is 12.4. The maximum Gasteiger partial charge on any atom is 0.573 e. The van der Waals surface area contributed by atoms with Crippen molar-refractivity contribution in [2.75, 3.05) is 0 Å². The molecule has 2 aromatic carbocycles. The van der Waals surface area contributed by atoms with Crippen LogP contribution in [0.1, 0.15) is 18.5 Å². The average Bonchev–Trinajstić information content (AvgIpc) is 2.64. The fraction of sp³-hybridized carbons (Fsp3) is 0.211. The number of hydrogen-bond acceptors (Lipinski definition) is 4. The zero-order valence-electron chi connectivity index (χ0n) is 15.1. The highest BCUT2D eigenvalue weighted by Crippen LogP contribution is 2.24. The highest BCUT2D eigenvalue weighted by Gasteiger charge is 2.31. The number of amides is 1. The zero-order chi connectivity index (χ0) is 21.2. The molecule has 0 saturated heterocycles. The molecule has 0 spiro atoms. The van der Waals surface area contributed by atoms with E-state index < -0.39 is 29.6 Å². The van der Waals surface area contributed by atoms with Crippen molar-refractivity contribution in [3.63, 3.8) is 0 Å². The zero-order valence-corrected chi connectivity index (χ0v) is 15.1. The van der Waals surface area contributed by atoms with E-state index in [0.717, 1.165) is 16.7 Å². The molecule has 0 aliphatic carbocycles. The summed E-state index contributed by atoms with van der Waals surface area (Å²) in [6.07, 6.45) is -4.78. The minimum Gasteiger partial charge on any atom is -0.406 e. The number of aromatic nitrogens is 2. The van der Waals surface area contributed by atoms with Crippen molar-refractivity contribution in [2.24, 2.45) is 0 Å². The number of hydrogen-bond donors (Lipinski definition) is 2. The van der Waals surface area contributed by atoms with Gasteiger partial charge in [-0.1, -0.05) is 24.3 Å². The lowest BCUT2D eigenvalue weighted by atomic mass is 10.1. The van der Waals surface area contributed by atoms with Crippen LogP contribution in [-0.2, 0) is 11.3 Å². The van der Waals surface area contributed by atoms with Crippen LogP contribution in [0.25, 0.3) is 10.9 Å². The van der Waals surface area contributed by atoms with Crippen LogP contribution < -0.4 is 21.3 Å². The van der Waals surface area contributed by atoms with Crippen LogP contribution in [-0.4, -0.2) is 21.8 Å². The monoisotopic (exact) mass is 407 g/mol. The Bertz CT molecular complexity index is 1150. The lowest BCUT2D eigenvalue weighted by molar-refractivity contribution is -0.274. The molecule has 0 fully saturated rings. The molecule has 3 aromatic rings. The molecule has 0 aliphatic rings. The summed E-state index contributed by atoms with van der Waals surface area (Å²) in [6.45, 7) is 1.31. The summed E-state index contributed by atoms with van der Waals surface area (Å²) in [7, 11) is 0. The number of para-hydroxylation sites is 1. The van der Waals surface area contributed by atoms with Gasteiger partial charge in [-0.2, -0.15) is 0 Å². The smallest absolute Gasteiger partial charge is 0.406 e. The molecule has 1 aromatic heterocycles. The first kappa shape index (κ1) is 20.2. The Kier molecular flexibility index (Phi) is 5.44. The second kappa shape index (κ2) is 7.82. The van der Waals surface area contributed by atoms with Gasteiger partial charge in [0.2, 0.25) is 5.91 Å². The standard InChI is InChI=1S/C19H16F3N3O4/c1-11(12-6-8-13(9-7-12)29-19(20,21)22)23-16(26)10-25-15-5-3-2-4-14(15)17(27)24-18(25)28/h2-9,11H,10H2,1H3,(H,23,26)(H,24,27,28)/t11-/m0/s1. The minimum absolute atomic E-state index is 0.271. The third kappa shape index (κ3) is 4.84. The average molecular weight is 407 g/mol. The van der Waals surface area contributed by atoms with E-state index >= 15 is 0 Å². The summed E-state index contributed by atoms with van der Waals surface area (Å²) in [5, 5.41) is 2.94. The highest BCUT2D eigenvalue weighted by atomic mass is 19.4. The number of carbonyl (C=O) groups excluding carboxylic acids is 1. The Balaban J connectivity index is 1.74. The van der Waals surface area contributed by atoms with Crippen LogP contribution in [0.2, 0.25) is 0 Å². The molecule has 3 rings (SSSR count). The minimum atomic E-state index is -4.78. The third-order valence-electron chi connectivity index (χ3n) is 4.20. The van der Waals surface area contributed by atoms with Crippen LogP contribution in [0.3, 0.4) is 0 Å². The Labute approximate surface area is 161 Å². The molecule has 0 radical (unpaired) electrons. The topological polar surface area (TPSA) is 93.2 Å². The van der Waals surface area contributed by atoms with Crippen molar-refractivity contribution in [3.05, 3.63) is 74.9 Å². The molecule has 29 heavy (non-hydrogen) atoms. The number of rotatable bonds is 5. The number of alkyl halides is 3. The highest BCUT2D eigenvalue weighted by molar-refractivity contribution is 5.81. The number of nitrogens with one attached hydrogen (secondary N) is 2. The number of carbonyl (C=O) groups is 1. The van der Waals surface area contributed by atoms with E-state index in [4.69, 9.17) is 0 Å². The molecule has 10 heteroatoms. The van der Waals surface area contributed by atoms with E-state index in [0.29, 0.717) is 11.1 Å². The largest absolute Gasteiger partial charge is 0.573 e. The van der Waals surface area contributed by atoms with E-state index in [2.05, 4.69) is 15.0 Å². The van der Waals surface area contributed by atoms with Crippen molar-refractivity contribution in [2.45, 2.75) is 25.9 Å². The normalized spacial score (nSPS) is 12.6. The first-order valence-electron chi connectivity index (χ1n) is 8.51. The fourth-order valence-corrected chi connectivity index (χ4v) is 2.87. The molecule has 1 atom stereocenters. The van der Waals surface area contributed by atoms with Crippen molar-refractivity contribution < 1.29 is 22.7 Å². The van der Waals surface area contributed by atoms with Gasteiger partial charge in [0, 0.05) is 0 Å². The summed E-state index contributed by atoms with van der Waals surface area (Å²) in [4.78, 5) is 38.5. The summed E-state index contributed by atoms with van der Waals surface area (Å²) in [6, 6.07) is 10.9. The number of ether oxygens (including phenoxy) is 1. The Morgan fingerprint density at radius 1 is 1.14 bits per heavy atom. The van der Waals surface area contributed by atoms with Crippen LogP contribution in [0.5, 0.6) is 5.75 Å². The first-order chi connectivity index (χ1) is 13.6. The molecule has 7 nitrogen and oxygen atoms in total. The van der Waals surface area contributed by atoms with Crippen LogP contribution in [0.15, 0.2) is 58.1 Å². The Hall–Kier alpha value is -3.56. The molecule has 0 saturated carbocycles. The second-order valence-corrected chi connectivity index (χ2v) is 6.27. The second-order valence-electron chi connectivity index (χ2n) is 6.27. The van der Waals surface area contributed by atoms with Crippen LogP contribution in [0, 0.1) is 0 Å². The summed E-state index contributed by atoms with van der Waals surface area (Å²) >= 11 is 0. The number of H-pyrrole nitrogens is 1. The van der Waals surface area contributed by atoms with Crippen molar-refractivity contribution >= 4 is 16.8 Å². The molecule has 0 aliphatic heterocycles. The maximum atomic E-state index is 12.4. The molecule has 0 bridgehead atoms. The molecule has 152 valence electrons. The van der Waals surface area contributed by atoms with Crippen molar-refractivity contribution in [3.8, 4) is 5.75 Å². The number of nitrogens with zero attached hydrogens (tertiary/aromatic N) is 1. The lowest BCUT2D eigenvalue weighted by Crippen LogP contribution is -2.37. The number of aromatic amines is 1. The van der Waals surface area contributed by atoms with Crippen molar-refractivity contribution in [1.82, 2.24) is 14.9 Å². The SMILES string of the molecule is C[C@H](NC(=O)Cn1c(=O)[nH]c(=O)c2ccccc21)c1ccc(OC(F)(F)F)cc1. The molecule has 1 heterocycles. The molecular formula is C19H16F3N3O4. The molecule has 2 N–H and O–H groups in total. The van der Waals surface area contributed by atoms with Gasteiger partial charge in [-0.3, -0.25) is 19.1 Å². The summed E-state index contributed by atoms with van der Waals surface area (Å²) in [5.74, 6) is -0.876. The summed E-state index contributed by atoms with van der Waals surface area (Å²) < 4.78 is 41.6. The van der Waals surface area contributed by atoms with E-state index in [1.807, 2.05) is 0 Å². The van der Waals surface area contributed by atoms with Gasteiger partial charge in [-0.05, 0) is 36.8 Å². The van der Waals surface area contributed by atoms with E-state index in [1.54, 1.807) is 25.1 Å². The number of halogens is 3. The van der Waals surface area contributed by atoms with Gasteiger partial charge in [-0.25, -0.2) is 4.79 Å². The van der Waals surface area contributed by atoms with Crippen LogP contribution >= 0.6 is 0 Å². The third-order valence-corrected chi connectivity index (χ3v) is 4.20.